The molecule has 3 aliphatic heterocycles. The molecule has 3 heterocycles. The number of rotatable bonds is 3. The molecule has 28 heavy (non-hydrogen) atoms. The summed E-state index contributed by atoms with van der Waals surface area (Å²) in [6, 6.07) is 14.4. The first-order chi connectivity index (χ1) is 13.7. The smallest absolute Gasteiger partial charge is 0.254 e. The maximum absolute atomic E-state index is 13.3. The van der Waals surface area contributed by atoms with Crippen molar-refractivity contribution in [2.75, 3.05) is 20.3 Å². The third-order valence-electron chi connectivity index (χ3n) is 6.34. The third-order valence-corrected chi connectivity index (χ3v) is 6.34. The van der Waals surface area contributed by atoms with E-state index in [0.717, 1.165) is 37.2 Å². The second-order valence-corrected chi connectivity index (χ2v) is 7.87. The first kappa shape index (κ1) is 17.4. The normalized spacial score (nSPS) is 25.5. The molecule has 2 aromatic carbocycles. The zero-order valence-corrected chi connectivity index (χ0v) is 16.1. The lowest BCUT2D eigenvalue weighted by molar-refractivity contribution is 0.0569. The molecule has 2 saturated heterocycles. The number of piperidine rings is 1. The number of fused-ring (bicyclic) bond motifs is 3. The summed E-state index contributed by atoms with van der Waals surface area (Å²) in [6.45, 7) is 1.08. The van der Waals surface area contributed by atoms with Crippen molar-refractivity contribution in [3.05, 3.63) is 53.6 Å². The molecule has 5 nitrogen and oxygen atoms in total. The van der Waals surface area contributed by atoms with Crippen LogP contribution in [0, 0.1) is 0 Å². The van der Waals surface area contributed by atoms with Crippen molar-refractivity contribution in [2.24, 2.45) is 0 Å². The van der Waals surface area contributed by atoms with Crippen LogP contribution >= 0.6 is 0 Å². The average Bonchev–Trinajstić information content (AvgIpc) is 3.02. The van der Waals surface area contributed by atoms with E-state index in [9.17, 15) is 4.79 Å². The largest absolute Gasteiger partial charge is 0.496 e. The van der Waals surface area contributed by atoms with E-state index < -0.39 is 0 Å². The molecule has 0 spiro atoms. The van der Waals surface area contributed by atoms with Gasteiger partial charge in [0.1, 0.15) is 19.0 Å². The van der Waals surface area contributed by atoms with Gasteiger partial charge in [0.15, 0.2) is 11.5 Å². The molecule has 0 saturated carbocycles. The summed E-state index contributed by atoms with van der Waals surface area (Å²) in [4.78, 5) is 15.4. The van der Waals surface area contributed by atoms with E-state index in [4.69, 9.17) is 14.2 Å². The van der Waals surface area contributed by atoms with Gasteiger partial charge in [-0.25, -0.2) is 0 Å². The quantitative estimate of drug-likeness (QED) is 0.808. The Labute approximate surface area is 165 Å². The molecule has 0 aliphatic carbocycles. The fraction of sp³-hybridized carbons (Fsp3) is 0.435. The number of carbonyl (C=O) groups is 1. The highest BCUT2D eigenvalue weighted by Gasteiger charge is 2.44. The Bertz CT molecular complexity index is 882. The molecule has 3 atom stereocenters. The average molecular weight is 379 g/mol. The highest BCUT2D eigenvalue weighted by molar-refractivity contribution is 5.95. The Hall–Kier alpha value is -2.69. The van der Waals surface area contributed by atoms with Crippen LogP contribution in [0.5, 0.6) is 17.2 Å². The number of ether oxygens (including phenoxy) is 3. The van der Waals surface area contributed by atoms with E-state index in [2.05, 4.69) is 17.0 Å². The highest BCUT2D eigenvalue weighted by Crippen LogP contribution is 2.46. The Morgan fingerprint density at radius 3 is 2.46 bits per heavy atom. The van der Waals surface area contributed by atoms with Gasteiger partial charge in [0.25, 0.3) is 5.91 Å². The van der Waals surface area contributed by atoms with Gasteiger partial charge in [-0.2, -0.15) is 0 Å². The first-order valence-electron chi connectivity index (χ1n) is 10.1. The molecular formula is C23H25NO4. The van der Waals surface area contributed by atoms with Crippen molar-refractivity contribution in [3.63, 3.8) is 0 Å². The minimum Gasteiger partial charge on any atom is -0.496 e. The van der Waals surface area contributed by atoms with Crippen molar-refractivity contribution in [1.82, 2.24) is 4.90 Å². The molecule has 1 amide bonds. The standard InChI is InChI=1S/C23H25NO4/c1-26-20-5-3-2-4-19(20)16-12-17-7-8-18(13-16)24(17)23(25)15-6-9-21-22(14-15)28-11-10-27-21/h2-6,9,14,16-18H,7-8,10-13H2,1H3/t16?,17-,18+. The summed E-state index contributed by atoms with van der Waals surface area (Å²) in [5.41, 5.74) is 1.96. The highest BCUT2D eigenvalue weighted by atomic mass is 16.6. The number of amides is 1. The Balaban J connectivity index is 1.37. The first-order valence-corrected chi connectivity index (χ1v) is 10.1. The Morgan fingerprint density at radius 1 is 1.00 bits per heavy atom. The molecule has 0 aromatic heterocycles. The second-order valence-electron chi connectivity index (χ2n) is 7.87. The SMILES string of the molecule is COc1ccccc1C1C[C@H]2CC[C@@H](C1)N2C(=O)c1ccc2c(c1)OCCO2. The number of carbonyl (C=O) groups excluding carboxylic acids is 1. The summed E-state index contributed by atoms with van der Waals surface area (Å²) in [5, 5.41) is 0. The van der Waals surface area contributed by atoms with Crippen LogP contribution in [0.2, 0.25) is 0 Å². The molecule has 2 bridgehead atoms. The van der Waals surface area contributed by atoms with Gasteiger partial charge in [-0.05, 0) is 61.4 Å². The van der Waals surface area contributed by atoms with Crippen LogP contribution < -0.4 is 14.2 Å². The molecule has 0 radical (unpaired) electrons. The van der Waals surface area contributed by atoms with E-state index in [1.54, 1.807) is 7.11 Å². The van der Waals surface area contributed by atoms with E-state index in [1.807, 2.05) is 30.3 Å². The summed E-state index contributed by atoms with van der Waals surface area (Å²) in [7, 11) is 1.73. The van der Waals surface area contributed by atoms with Crippen LogP contribution in [0.3, 0.4) is 0 Å². The lowest BCUT2D eigenvalue weighted by atomic mass is 9.84. The number of methoxy groups -OCH3 is 1. The predicted octanol–water partition coefficient (Wildman–Crippen LogP) is 4.02. The maximum atomic E-state index is 13.3. The number of hydrogen-bond donors (Lipinski definition) is 0. The molecule has 5 rings (SSSR count). The van der Waals surface area contributed by atoms with E-state index in [0.29, 0.717) is 30.4 Å². The number of para-hydroxylation sites is 1. The fourth-order valence-electron chi connectivity index (χ4n) is 5.09. The van der Waals surface area contributed by atoms with Crippen molar-refractivity contribution in [1.29, 1.82) is 0 Å². The van der Waals surface area contributed by atoms with Crippen molar-refractivity contribution >= 4 is 5.91 Å². The molecule has 146 valence electrons. The minimum absolute atomic E-state index is 0.114. The van der Waals surface area contributed by atoms with Crippen molar-refractivity contribution in [3.8, 4) is 17.2 Å². The van der Waals surface area contributed by atoms with Crippen LogP contribution in [0.25, 0.3) is 0 Å². The van der Waals surface area contributed by atoms with Crippen LogP contribution in [0.1, 0.15) is 47.5 Å². The zero-order chi connectivity index (χ0) is 19.1. The van der Waals surface area contributed by atoms with Crippen molar-refractivity contribution in [2.45, 2.75) is 43.7 Å². The zero-order valence-electron chi connectivity index (χ0n) is 16.1. The summed E-state index contributed by atoms with van der Waals surface area (Å²) < 4.78 is 16.8. The maximum Gasteiger partial charge on any atom is 0.254 e. The van der Waals surface area contributed by atoms with Gasteiger partial charge in [0.2, 0.25) is 0 Å². The second kappa shape index (κ2) is 7.04. The van der Waals surface area contributed by atoms with Gasteiger partial charge in [0, 0.05) is 17.6 Å². The fourth-order valence-corrected chi connectivity index (χ4v) is 5.09. The molecule has 2 fully saturated rings. The van der Waals surface area contributed by atoms with Gasteiger partial charge >= 0.3 is 0 Å². The number of hydrogen-bond acceptors (Lipinski definition) is 4. The van der Waals surface area contributed by atoms with E-state index >= 15 is 0 Å². The third kappa shape index (κ3) is 2.89. The predicted molar refractivity (Wildman–Crippen MR) is 105 cm³/mol. The topological polar surface area (TPSA) is 48.0 Å². The van der Waals surface area contributed by atoms with Gasteiger partial charge in [0.05, 0.1) is 7.11 Å². The number of benzene rings is 2. The molecule has 3 aliphatic rings. The van der Waals surface area contributed by atoms with Gasteiger partial charge in [-0.15, -0.1) is 0 Å². The Morgan fingerprint density at radius 2 is 1.71 bits per heavy atom. The van der Waals surface area contributed by atoms with E-state index in [-0.39, 0.29) is 18.0 Å². The monoisotopic (exact) mass is 379 g/mol. The number of nitrogens with zero attached hydrogens (tertiary/aromatic N) is 1. The minimum atomic E-state index is 0.114. The van der Waals surface area contributed by atoms with Gasteiger partial charge < -0.3 is 19.1 Å². The van der Waals surface area contributed by atoms with Gasteiger partial charge in [-0.1, -0.05) is 18.2 Å². The summed E-state index contributed by atoms with van der Waals surface area (Å²) in [6.07, 6.45) is 4.14. The van der Waals surface area contributed by atoms with Crippen LogP contribution in [0.4, 0.5) is 0 Å². The van der Waals surface area contributed by atoms with Crippen molar-refractivity contribution < 1.29 is 19.0 Å². The molecule has 5 heteroatoms. The van der Waals surface area contributed by atoms with Crippen LogP contribution in [-0.2, 0) is 0 Å². The molecule has 1 unspecified atom stereocenters. The van der Waals surface area contributed by atoms with Crippen LogP contribution in [-0.4, -0.2) is 43.2 Å². The lowest BCUT2D eigenvalue weighted by Crippen LogP contribution is -2.46. The Kier molecular flexibility index (Phi) is 4.38. The lowest BCUT2D eigenvalue weighted by Gasteiger charge is -2.39. The molecule has 2 aromatic rings. The van der Waals surface area contributed by atoms with Crippen LogP contribution in [0.15, 0.2) is 42.5 Å². The summed E-state index contributed by atoms with van der Waals surface area (Å²) >= 11 is 0. The molecular weight excluding hydrogens is 354 g/mol. The van der Waals surface area contributed by atoms with Gasteiger partial charge in [-0.3, -0.25) is 4.79 Å². The van der Waals surface area contributed by atoms with E-state index in [1.165, 1.54) is 5.56 Å². The molecule has 0 N–H and O–H groups in total. The summed E-state index contributed by atoms with van der Waals surface area (Å²) in [5.74, 6) is 2.91.